The Labute approximate surface area is 165 Å². The number of benzene rings is 2. The summed E-state index contributed by atoms with van der Waals surface area (Å²) in [7, 11) is 0. The van der Waals surface area contributed by atoms with E-state index in [4.69, 9.17) is 11.6 Å². The predicted molar refractivity (Wildman–Crippen MR) is 108 cm³/mol. The minimum absolute atomic E-state index is 0.0919. The van der Waals surface area contributed by atoms with Crippen LogP contribution in [0.3, 0.4) is 0 Å². The van der Waals surface area contributed by atoms with E-state index in [1.54, 1.807) is 0 Å². The van der Waals surface area contributed by atoms with Crippen molar-refractivity contribution in [2.45, 2.75) is 51.4 Å². The molecule has 0 unspecified atom stereocenters. The molecular formula is C24H25ClO2. The molecule has 0 aliphatic heterocycles. The van der Waals surface area contributed by atoms with Gasteiger partial charge in [-0.05, 0) is 90.8 Å². The summed E-state index contributed by atoms with van der Waals surface area (Å²) in [6.07, 6.45) is 6.05. The molecule has 2 nitrogen and oxygen atoms in total. The minimum Gasteiger partial charge on any atom is -0.507 e. The molecule has 0 amide bonds. The number of Topliss-reactive ketones (excluding diaryl/α,β-unsaturated/α-hetero) is 1. The number of halogens is 1. The van der Waals surface area contributed by atoms with Crippen LogP contribution in [-0.2, 0) is 11.2 Å². The Kier molecular flexibility index (Phi) is 3.91. The standard InChI is InChI=1S/C24H25ClO2/c1-24-10-9-17-18(21(24)7-8-23(24)27)6-5-15-12-22(26)20(13-19(15)17)14-3-2-4-16(25)11-14/h2-4,11-13,17-18,21,26H,5-10H2,1H3/t17-,18+,21-,24-/m0/s1. The van der Waals surface area contributed by atoms with Crippen LogP contribution in [-0.4, -0.2) is 10.9 Å². The van der Waals surface area contributed by atoms with E-state index in [0.29, 0.717) is 34.3 Å². The molecule has 3 aliphatic rings. The number of aromatic hydroxyl groups is 1. The summed E-state index contributed by atoms with van der Waals surface area (Å²) in [5, 5.41) is 11.3. The van der Waals surface area contributed by atoms with Crippen molar-refractivity contribution in [3.05, 3.63) is 52.5 Å². The molecule has 0 radical (unpaired) electrons. The normalized spacial score (nSPS) is 31.9. The SMILES string of the molecule is C[C@]12CC[C@@H]3c4cc(-c5cccc(Cl)c5)c(O)cc4CC[C@H]3[C@@H]1CCC2=O. The van der Waals surface area contributed by atoms with Crippen LogP contribution in [0.15, 0.2) is 36.4 Å². The lowest BCUT2D eigenvalue weighted by molar-refractivity contribution is -0.129. The summed E-state index contributed by atoms with van der Waals surface area (Å²) < 4.78 is 0. The highest BCUT2D eigenvalue weighted by atomic mass is 35.5. The van der Waals surface area contributed by atoms with Crippen molar-refractivity contribution in [2.75, 3.05) is 0 Å². The van der Waals surface area contributed by atoms with E-state index in [-0.39, 0.29) is 5.41 Å². The summed E-state index contributed by atoms with van der Waals surface area (Å²) in [5.41, 5.74) is 4.41. The molecule has 0 saturated heterocycles. The molecule has 27 heavy (non-hydrogen) atoms. The zero-order valence-electron chi connectivity index (χ0n) is 15.7. The first-order valence-electron chi connectivity index (χ1n) is 10.1. The Morgan fingerprint density at radius 2 is 1.96 bits per heavy atom. The molecule has 140 valence electrons. The van der Waals surface area contributed by atoms with Crippen LogP contribution < -0.4 is 0 Å². The fourth-order valence-electron chi connectivity index (χ4n) is 6.27. The molecule has 3 aliphatic carbocycles. The van der Waals surface area contributed by atoms with Gasteiger partial charge in [-0.25, -0.2) is 0 Å². The lowest BCUT2D eigenvalue weighted by Gasteiger charge is -2.48. The van der Waals surface area contributed by atoms with Gasteiger partial charge in [0, 0.05) is 22.4 Å². The average Bonchev–Trinajstić information content (AvgIpc) is 2.96. The maximum atomic E-state index is 12.5. The maximum Gasteiger partial charge on any atom is 0.139 e. The number of ketones is 1. The van der Waals surface area contributed by atoms with Gasteiger partial charge in [0.15, 0.2) is 0 Å². The van der Waals surface area contributed by atoms with E-state index in [1.807, 2.05) is 30.3 Å². The number of rotatable bonds is 1. The van der Waals surface area contributed by atoms with Crippen LogP contribution in [0.25, 0.3) is 11.1 Å². The van der Waals surface area contributed by atoms with Crippen molar-refractivity contribution in [2.24, 2.45) is 17.3 Å². The van der Waals surface area contributed by atoms with E-state index >= 15 is 0 Å². The quantitative estimate of drug-likeness (QED) is 0.645. The van der Waals surface area contributed by atoms with Crippen molar-refractivity contribution in [1.82, 2.24) is 0 Å². The number of phenolic OH excluding ortho intramolecular Hbond substituents is 1. The molecule has 2 saturated carbocycles. The average molecular weight is 381 g/mol. The van der Waals surface area contributed by atoms with Crippen LogP contribution in [0.4, 0.5) is 0 Å². The molecule has 2 aromatic rings. The Morgan fingerprint density at radius 3 is 2.78 bits per heavy atom. The van der Waals surface area contributed by atoms with Crippen molar-refractivity contribution in [1.29, 1.82) is 0 Å². The van der Waals surface area contributed by atoms with Crippen LogP contribution in [0.2, 0.25) is 5.02 Å². The zero-order valence-corrected chi connectivity index (χ0v) is 16.4. The molecule has 2 fully saturated rings. The molecule has 4 atom stereocenters. The maximum absolute atomic E-state index is 12.5. The monoisotopic (exact) mass is 380 g/mol. The van der Waals surface area contributed by atoms with Crippen molar-refractivity contribution in [3.8, 4) is 16.9 Å². The molecule has 2 aromatic carbocycles. The number of carbonyl (C=O) groups is 1. The van der Waals surface area contributed by atoms with Gasteiger partial charge >= 0.3 is 0 Å². The molecule has 0 bridgehead atoms. The second kappa shape index (κ2) is 6.10. The highest BCUT2D eigenvalue weighted by Crippen LogP contribution is 2.60. The van der Waals surface area contributed by atoms with Crippen LogP contribution >= 0.6 is 11.6 Å². The van der Waals surface area contributed by atoms with Crippen molar-refractivity contribution >= 4 is 17.4 Å². The number of fused-ring (bicyclic) bond motifs is 5. The third-order valence-electron chi connectivity index (χ3n) is 7.69. The van der Waals surface area contributed by atoms with Gasteiger partial charge in [-0.1, -0.05) is 30.7 Å². The van der Waals surface area contributed by atoms with Gasteiger partial charge < -0.3 is 5.11 Å². The van der Waals surface area contributed by atoms with Crippen LogP contribution in [0.1, 0.15) is 56.1 Å². The zero-order chi connectivity index (χ0) is 18.8. The molecular weight excluding hydrogens is 356 g/mol. The van der Waals surface area contributed by atoms with E-state index in [9.17, 15) is 9.90 Å². The summed E-state index contributed by atoms with van der Waals surface area (Å²) in [5.74, 6) is 2.46. The third kappa shape index (κ3) is 2.56. The number of aryl methyl sites for hydroxylation is 1. The minimum atomic E-state index is -0.0919. The highest BCUT2D eigenvalue weighted by molar-refractivity contribution is 6.30. The molecule has 0 aromatic heterocycles. The lowest BCUT2D eigenvalue weighted by atomic mass is 9.55. The van der Waals surface area contributed by atoms with Gasteiger partial charge in [0.05, 0.1) is 0 Å². The van der Waals surface area contributed by atoms with Gasteiger partial charge in [0.1, 0.15) is 11.5 Å². The highest BCUT2D eigenvalue weighted by Gasteiger charge is 2.54. The molecule has 1 N–H and O–H groups in total. The van der Waals surface area contributed by atoms with Gasteiger partial charge in [0.25, 0.3) is 0 Å². The van der Waals surface area contributed by atoms with E-state index in [2.05, 4.69) is 13.0 Å². The molecule has 0 heterocycles. The van der Waals surface area contributed by atoms with E-state index < -0.39 is 0 Å². The van der Waals surface area contributed by atoms with Gasteiger partial charge in [-0.15, -0.1) is 0 Å². The second-order valence-corrected chi connectivity index (χ2v) is 9.35. The van der Waals surface area contributed by atoms with E-state index in [1.165, 1.54) is 11.1 Å². The number of phenols is 1. The fraction of sp³-hybridized carbons (Fsp3) is 0.458. The summed E-state index contributed by atoms with van der Waals surface area (Å²) >= 11 is 6.18. The summed E-state index contributed by atoms with van der Waals surface area (Å²) in [6.45, 7) is 2.22. The Balaban J connectivity index is 1.57. The first kappa shape index (κ1) is 17.3. The van der Waals surface area contributed by atoms with Crippen LogP contribution in [0, 0.1) is 17.3 Å². The lowest BCUT2D eigenvalue weighted by Crippen LogP contribution is -2.42. The third-order valence-corrected chi connectivity index (χ3v) is 7.92. The number of hydrogen-bond donors (Lipinski definition) is 1. The summed E-state index contributed by atoms with van der Waals surface area (Å²) in [4.78, 5) is 12.5. The first-order valence-corrected chi connectivity index (χ1v) is 10.5. The second-order valence-electron chi connectivity index (χ2n) is 8.91. The fourth-order valence-corrected chi connectivity index (χ4v) is 6.46. The van der Waals surface area contributed by atoms with Crippen molar-refractivity contribution < 1.29 is 9.90 Å². The van der Waals surface area contributed by atoms with E-state index in [0.717, 1.165) is 49.7 Å². The molecule has 3 heteroatoms. The Morgan fingerprint density at radius 1 is 1.11 bits per heavy atom. The Bertz CT molecular complexity index is 934. The Hall–Kier alpha value is -1.80. The smallest absolute Gasteiger partial charge is 0.139 e. The van der Waals surface area contributed by atoms with Crippen LogP contribution in [0.5, 0.6) is 5.75 Å². The van der Waals surface area contributed by atoms with Gasteiger partial charge in [0.2, 0.25) is 0 Å². The van der Waals surface area contributed by atoms with Gasteiger partial charge in [-0.2, -0.15) is 0 Å². The summed E-state index contributed by atoms with van der Waals surface area (Å²) in [6, 6.07) is 11.9. The molecule has 0 spiro atoms. The number of carbonyl (C=O) groups excluding carboxylic acids is 1. The van der Waals surface area contributed by atoms with Gasteiger partial charge in [-0.3, -0.25) is 4.79 Å². The largest absolute Gasteiger partial charge is 0.507 e. The first-order chi connectivity index (χ1) is 13.0. The molecule has 5 rings (SSSR count). The number of hydrogen-bond acceptors (Lipinski definition) is 2. The predicted octanol–water partition coefficient (Wildman–Crippen LogP) is 6.14. The topological polar surface area (TPSA) is 37.3 Å². The van der Waals surface area contributed by atoms with Crippen molar-refractivity contribution in [3.63, 3.8) is 0 Å².